The summed E-state index contributed by atoms with van der Waals surface area (Å²) in [6.07, 6.45) is 1.35. The van der Waals surface area contributed by atoms with Crippen molar-refractivity contribution in [2.75, 3.05) is 0 Å². The van der Waals surface area contributed by atoms with Gasteiger partial charge >= 0.3 is 0 Å². The molecule has 1 aromatic carbocycles. The Hall–Kier alpha value is -3.82. The standard InChI is InChI=1S/C18H17N7O3/c1-10(2)14(18-22-16(25-28-18)15-19-9-20-23-15)21-17(26)12-8-13(27-24-12)11-6-4-3-5-7-11/h3-10,14H,1-2H3,(H,21,26)(H,19,20,23). The van der Waals surface area contributed by atoms with Gasteiger partial charge in [-0.3, -0.25) is 9.89 Å². The molecule has 0 aliphatic carbocycles. The maximum Gasteiger partial charge on any atom is 0.274 e. The third kappa shape index (κ3) is 3.52. The highest BCUT2D eigenvalue weighted by atomic mass is 16.5. The van der Waals surface area contributed by atoms with Crippen LogP contribution < -0.4 is 5.32 Å². The van der Waals surface area contributed by atoms with Crippen molar-refractivity contribution in [2.24, 2.45) is 5.92 Å². The van der Waals surface area contributed by atoms with E-state index in [-0.39, 0.29) is 23.3 Å². The minimum Gasteiger partial charge on any atom is -0.355 e. The Morgan fingerprint density at radius 1 is 1.14 bits per heavy atom. The third-order valence-corrected chi connectivity index (χ3v) is 4.09. The van der Waals surface area contributed by atoms with Gasteiger partial charge in [0.15, 0.2) is 17.3 Å². The molecule has 4 aromatic rings. The van der Waals surface area contributed by atoms with Gasteiger partial charge in [0.1, 0.15) is 12.4 Å². The van der Waals surface area contributed by atoms with E-state index in [1.54, 1.807) is 6.07 Å². The zero-order chi connectivity index (χ0) is 19.5. The summed E-state index contributed by atoms with van der Waals surface area (Å²) >= 11 is 0. The molecule has 0 aliphatic heterocycles. The van der Waals surface area contributed by atoms with Crippen molar-refractivity contribution in [1.29, 1.82) is 0 Å². The summed E-state index contributed by atoms with van der Waals surface area (Å²) in [7, 11) is 0. The Labute approximate surface area is 159 Å². The van der Waals surface area contributed by atoms with Gasteiger partial charge in [-0.15, -0.1) is 0 Å². The number of nitrogens with zero attached hydrogens (tertiary/aromatic N) is 5. The summed E-state index contributed by atoms with van der Waals surface area (Å²) in [6, 6.07) is 10.5. The van der Waals surface area contributed by atoms with Crippen molar-refractivity contribution in [3.05, 3.63) is 54.3 Å². The van der Waals surface area contributed by atoms with E-state index in [1.807, 2.05) is 44.2 Å². The van der Waals surface area contributed by atoms with Gasteiger partial charge in [0.2, 0.25) is 11.7 Å². The SMILES string of the molecule is CC(C)C(NC(=O)c1cc(-c2ccccc2)on1)c1nc(-c2ncn[nH]2)no1. The smallest absolute Gasteiger partial charge is 0.274 e. The molecular formula is C18H17N7O3. The minimum atomic E-state index is -0.506. The molecule has 0 saturated carbocycles. The van der Waals surface area contributed by atoms with E-state index in [9.17, 15) is 4.79 Å². The Bertz CT molecular complexity index is 1050. The van der Waals surface area contributed by atoms with Gasteiger partial charge in [0.25, 0.3) is 5.91 Å². The lowest BCUT2D eigenvalue weighted by molar-refractivity contribution is 0.0904. The van der Waals surface area contributed by atoms with Gasteiger partial charge in [-0.1, -0.05) is 54.5 Å². The van der Waals surface area contributed by atoms with Crippen molar-refractivity contribution in [3.8, 4) is 23.0 Å². The molecule has 0 saturated heterocycles. The first-order valence-electron chi connectivity index (χ1n) is 8.64. The lowest BCUT2D eigenvalue weighted by Gasteiger charge is -2.17. The van der Waals surface area contributed by atoms with Crippen LogP contribution >= 0.6 is 0 Å². The largest absolute Gasteiger partial charge is 0.355 e. The molecule has 0 bridgehead atoms. The maximum absolute atomic E-state index is 12.7. The fourth-order valence-corrected chi connectivity index (χ4v) is 2.62. The van der Waals surface area contributed by atoms with Crippen LogP contribution in [-0.4, -0.2) is 36.4 Å². The zero-order valence-electron chi connectivity index (χ0n) is 15.2. The highest BCUT2D eigenvalue weighted by Crippen LogP contribution is 2.24. The van der Waals surface area contributed by atoms with E-state index in [0.717, 1.165) is 5.56 Å². The van der Waals surface area contributed by atoms with Crippen LogP contribution in [0, 0.1) is 5.92 Å². The molecule has 2 N–H and O–H groups in total. The summed E-state index contributed by atoms with van der Waals surface area (Å²) in [5.41, 5.74) is 1.00. The van der Waals surface area contributed by atoms with Crippen molar-refractivity contribution in [1.82, 2.24) is 35.8 Å². The van der Waals surface area contributed by atoms with Gasteiger partial charge in [-0.2, -0.15) is 10.1 Å². The topological polar surface area (TPSA) is 136 Å². The van der Waals surface area contributed by atoms with Crippen LogP contribution in [0.25, 0.3) is 23.0 Å². The predicted octanol–water partition coefficient (Wildman–Crippen LogP) is 2.64. The van der Waals surface area contributed by atoms with Crippen molar-refractivity contribution < 1.29 is 13.8 Å². The molecule has 142 valence electrons. The molecule has 1 unspecified atom stereocenters. The number of H-pyrrole nitrogens is 1. The first-order chi connectivity index (χ1) is 13.6. The van der Waals surface area contributed by atoms with Crippen molar-refractivity contribution in [3.63, 3.8) is 0 Å². The second-order valence-electron chi connectivity index (χ2n) is 6.43. The van der Waals surface area contributed by atoms with E-state index < -0.39 is 11.9 Å². The van der Waals surface area contributed by atoms with Crippen LogP contribution in [0.2, 0.25) is 0 Å². The van der Waals surface area contributed by atoms with E-state index in [1.165, 1.54) is 6.33 Å². The van der Waals surface area contributed by atoms with Crippen LogP contribution in [0.5, 0.6) is 0 Å². The number of hydrogen-bond acceptors (Lipinski definition) is 8. The Balaban J connectivity index is 1.52. The molecule has 0 aliphatic rings. The molecule has 10 heteroatoms. The number of aromatic amines is 1. The molecule has 3 aromatic heterocycles. The molecule has 28 heavy (non-hydrogen) atoms. The second-order valence-corrected chi connectivity index (χ2v) is 6.43. The highest BCUT2D eigenvalue weighted by molar-refractivity contribution is 5.93. The minimum absolute atomic E-state index is 0.00697. The second kappa shape index (κ2) is 7.43. The van der Waals surface area contributed by atoms with E-state index in [4.69, 9.17) is 9.05 Å². The van der Waals surface area contributed by atoms with Gasteiger partial charge in [-0.05, 0) is 5.92 Å². The van der Waals surface area contributed by atoms with Crippen LogP contribution in [0.4, 0.5) is 0 Å². The molecule has 0 fully saturated rings. The number of hydrogen-bond donors (Lipinski definition) is 2. The van der Waals surface area contributed by atoms with Gasteiger partial charge in [-0.25, -0.2) is 4.98 Å². The van der Waals surface area contributed by atoms with Crippen molar-refractivity contribution >= 4 is 5.91 Å². The fraction of sp³-hybridized carbons (Fsp3) is 0.222. The Morgan fingerprint density at radius 3 is 2.68 bits per heavy atom. The van der Waals surface area contributed by atoms with Crippen LogP contribution in [0.1, 0.15) is 36.3 Å². The first-order valence-corrected chi connectivity index (χ1v) is 8.64. The number of nitrogens with one attached hydrogen (secondary N) is 2. The number of rotatable bonds is 6. The number of carbonyl (C=O) groups is 1. The van der Waals surface area contributed by atoms with E-state index in [2.05, 4.69) is 35.8 Å². The predicted molar refractivity (Wildman–Crippen MR) is 96.7 cm³/mol. The van der Waals surface area contributed by atoms with Crippen molar-refractivity contribution in [2.45, 2.75) is 19.9 Å². The summed E-state index contributed by atoms with van der Waals surface area (Å²) in [4.78, 5) is 20.9. The molecule has 0 radical (unpaired) electrons. The summed E-state index contributed by atoms with van der Waals surface area (Å²) in [5, 5.41) is 17.0. The third-order valence-electron chi connectivity index (χ3n) is 4.09. The quantitative estimate of drug-likeness (QED) is 0.522. The number of carbonyl (C=O) groups excluding carboxylic acids is 1. The summed E-state index contributed by atoms with van der Waals surface area (Å²) in [6.45, 7) is 3.86. The zero-order valence-corrected chi connectivity index (χ0v) is 15.2. The van der Waals surface area contributed by atoms with Gasteiger partial charge in [0, 0.05) is 11.6 Å². The monoisotopic (exact) mass is 379 g/mol. The molecule has 4 rings (SSSR count). The Morgan fingerprint density at radius 2 is 1.96 bits per heavy atom. The highest BCUT2D eigenvalue weighted by Gasteiger charge is 2.27. The van der Waals surface area contributed by atoms with Gasteiger partial charge < -0.3 is 14.4 Å². The molecule has 10 nitrogen and oxygen atoms in total. The molecule has 0 spiro atoms. The molecule has 1 amide bonds. The normalized spacial score (nSPS) is 12.2. The first kappa shape index (κ1) is 17.6. The summed E-state index contributed by atoms with van der Waals surface area (Å²) in [5.74, 6) is 1.02. The van der Waals surface area contributed by atoms with E-state index in [0.29, 0.717) is 11.6 Å². The number of amides is 1. The van der Waals surface area contributed by atoms with Gasteiger partial charge in [0.05, 0.1) is 0 Å². The average molecular weight is 379 g/mol. The lowest BCUT2D eigenvalue weighted by Crippen LogP contribution is -2.32. The maximum atomic E-state index is 12.7. The number of aromatic nitrogens is 6. The Kier molecular flexibility index (Phi) is 4.67. The van der Waals surface area contributed by atoms with Crippen LogP contribution in [-0.2, 0) is 0 Å². The number of benzene rings is 1. The average Bonchev–Trinajstić information content (AvgIpc) is 3.47. The van der Waals surface area contributed by atoms with Crippen LogP contribution in [0.15, 0.2) is 51.8 Å². The van der Waals surface area contributed by atoms with E-state index >= 15 is 0 Å². The summed E-state index contributed by atoms with van der Waals surface area (Å²) < 4.78 is 10.6. The fourth-order valence-electron chi connectivity index (χ4n) is 2.62. The lowest BCUT2D eigenvalue weighted by atomic mass is 10.0. The molecule has 1 atom stereocenters. The molecular weight excluding hydrogens is 362 g/mol. The molecule has 3 heterocycles. The van der Waals surface area contributed by atoms with Crippen LogP contribution in [0.3, 0.4) is 0 Å².